The van der Waals surface area contributed by atoms with Crippen LogP contribution in [0.3, 0.4) is 0 Å². The summed E-state index contributed by atoms with van der Waals surface area (Å²) in [6, 6.07) is 30.3. The third-order valence-electron chi connectivity index (χ3n) is 7.42. The van der Waals surface area contributed by atoms with Crippen molar-refractivity contribution < 1.29 is 9.13 Å². The number of ether oxygens (including phenoxy) is 1. The number of nitrogens with one attached hydrogen (secondary N) is 1. The normalized spacial score (nSPS) is 16.7. The Morgan fingerprint density at radius 3 is 2.33 bits per heavy atom. The summed E-state index contributed by atoms with van der Waals surface area (Å²) >= 11 is 5.92. The lowest BCUT2D eigenvalue weighted by Gasteiger charge is -2.28. The van der Waals surface area contributed by atoms with Crippen LogP contribution in [-0.2, 0) is 0 Å². The van der Waals surface area contributed by atoms with Crippen molar-refractivity contribution >= 4 is 23.0 Å². The molecule has 2 aromatic heterocycles. The van der Waals surface area contributed by atoms with Crippen molar-refractivity contribution in [1.82, 2.24) is 14.9 Å². The molecule has 5 aromatic rings. The van der Waals surface area contributed by atoms with Gasteiger partial charge in [-0.15, -0.1) is 0 Å². The van der Waals surface area contributed by atoms with Gasteiger partial charge in [0.05, 0.1) is 23.5 Å². The molecule has 1 aliphatic heterocycles. The first-order chi connectivity index (χ1) is 19.4. The molecule has 0 saturated carbocycles. The lowest BCUT2D eigenvalue weighted by Crippen LogP contribution is -2.29. The Morgan fingerprint density at radius 2 is 1.60 bits per heavy atom. The summed E-state index contributed by atoms with van der Waals surface area (Å²) in [7, 11) is 0. The van der Waals surface area contributed by atoms with Crippen molar-refractivity contribution in [2.24, 2.45) is 0 Å². The molecular weight excluding hydrogens is 519 g/mol. The van der Waals surface area contributed by atoms with Crippen LogP contribution in [-0.4, -0.2) is 14.7 Å². The second kappa shape index (κ2) is 10.6. The predicted molar refractivity (Wildman–Crippen MR) is 161 cm³/mol. The number of hydrogen-bond donors (Lipinski definition) is 1. The quantitative estimate of drug-likeness (QED) is 0.219. The Balaban J connectivity index is 1.42. The Hall–Kier alpha value is -4.49. The SMILES string of the molecule is Cc1ccccc1Oc1ccc(N2C(=S)N[C@@H](c3ccccn3)[C@H]2c2cc(C)n(-c3ccccc3F)c2C)cc1. The van der Waals surface area contributed by atoms with Crippen molar-refractivity contribution in [3.63, 3.8) is 0 Å². The summed E-state index contributed by atoms with van der Waals surface area (Å²) in [6.45, 7) is 6.06. The third-order valence-corrected chi connectivity index (χ3v) is 7.73. The Bertz CT molecular complexity index is 1680. The van der Waals surface area contributed by atoms with E-state index >= 15 is 0 Å². The number of pyridine rings is 1. The number of anilines is 1. The fourth-order valence-corrected chi connectivity index (χ4v) is 5.86. The van der Waals surface area contributed by atoms with Gasteiger partial charge in [-0.25, -0.2) is 4.39 Å². The first-order valence-electron chi connectivity index (χ1n) is 13.2. The minimum atomic E-state index is -0.265. The van der Waals surface area contributed by atoms with Gasteiger partial charge in [-0.05, 0) is 105 Å². The van der Waals surface area contributed by atoms with Gasteiger partial charge in [0.25, 0.3) is 0 Å². The predicted octanol–water partition coefficient (Wildman–Crippen LogP) is 7.91. The smallest absolute Gasteiger partial charge is 0.174 e. The van der Waals surface area contributed by atoms with E-state index in [2.05, 4.69) is 21.3 Å². The molecule has 5 nitrogen and oxygen atoms in total. The number of benzene rings is 3. The molecule has 1 saturated heterocycles. The number of aryl methyl sites for hydroxylation is 2. The third kappa shape index (κ3) is 4.62. The van der Waals surface area contributed by atoms with Crippen LogP contribution in [0.2, 0.25) is 0 Å². The van der Waals surface area contributed by atoms with Crippen LogP contribution < -0.4 is 15.0 Å². The molecule has 3 aromatic carbocycles. The minimum absolute atomic E-state index is 0.203. The second-order valence-corrected chi connectivity index (χ2v) is 10.4. The van der Waals surface area contributed by atoms with Gasteiger partial charge in [0.15, 0.2) is 5.11 Å². The number of rotatable bonds is 6. The molecule has 2 atom stereocenters. The van der Waals surface area contributed by atoms with Crippen LogP contribution in [0.15, 0.2) is 103 Å². The highest BCUT2D eigenvalue weighted by molar-refractivity contribution is 7.80. The van der Waals surface area contributed by atoms with Crippen LogP contribution >= 0.6 is 12.2 Å². The van der Waals surface area contributed by atoms with Crippen LogP contribution in [0.4, 0.5) is 10.1 Å². The molecule has 0 amide bonds. The molecule has 6 rings (SSSR count). The lowest BCUT2D eigenvalue weighted by atomic mass is 9.96. The van der Waals surface area contributed by atoms with Crippen LogP contribution in [0.5, 0.6) is 11.5 Å². The molecule has 200 valence electrons. The van der Waals surface area contributed by atoms with Gasteiger partial charge >= 0.3 is 0 Å². The summed E-state index contributed by atoms with van der Waals surface area (Å²) in [5, 5.41) is 4.12. The average Bonchev–Trinajstić information content (AvgIpc) is 3.46. The van der Waals surface area contributed by atoms with Crippen molar-refractivity contribution in [2.45, 2.75) is 32.9 Å². The molecular formula is C33H29FN4OS. The first-order valence-corrected chi connectivity index (χ1v) is 13.6. The largest absolute Gasteiger partial charge is 0.457 e. The van der Waals surface area contributed by atoms with E-state index in [0.717, 1.165) is 45.4 Å². The summed E-state index contributed by atoms with van der Waals surface area (Å²) in [4.78, 5) is 6.79. The summed E-state index contributed by atoms with van der Waals surface area (Å²) < 4.78 is 23.0. The second-order valence-electron chi connectivity index (χ2n) is 9.97. The van der Waals surface area contributed by atoms with E-state index in [1.165, 1.54) is 6.07 Å². The highest BCUT2D eigenvalue weighted by Crippen LogP contribution is 2.44. The molecule has 0 radical (unpaired) electrons. The Labute approximate surface area is 238 Å². The van der Waals surface area contributed by atoms with Gasteiger partial charge in [0.2, 0.25) is 0 Å². The van der Waals surface area contributed by atoms with E-state index < -0.39 is 0 Å². The van der Waals surface area contributed by atoms with Crippen LogP contribution in [0, 0.1) is 26.6 Å². The fraction of sp³-hybridized carbons (Fsp3) is 0.152. The van der Waals surface area contributed by atoms with Gasteiger partial charge in [-0.2, -0.15) is 0 Å². The zero-order valence-corrected chi connectivity index (χ0v) is 23.3. The minimum Gasteiger partial charge on any atom is -0.457 e. The van der Waals surface area contributed by atoms with E-state index in [9.17, 15) is 4.39 Å². The summed E-state index contributed by atoms with van der Waals surface area (Å²) in [6.07, 6.45) is 1.79. The van der Waals surface area contributed by atoms with Crippen molar-refractivity contribution in [3.8, 4) is 17.2 Å². The zero-order chi connectivity index (χ0) is 27.8. The van der Waals surface area contributed by atoms with E-state index in [1.54, 1.807) is 18.3 Å². The average molecular weight is 549 g/mol. The van der Waals surface area contributed by atoms with Gasteiger partial charge < -0.3 is 19.5 Å². The molecule has 1 aliphatic rings. The van der Waals surface area contributed by atoms with Gasteiger partial charge in [0, 0.05) is 23.3 Å². The monoisotopic (exact) mass is 548 g/mol. The fourth-order valence-electron chi connectivity index (χ4n) is 5.51. The molecule has 0 aliphatic carbocycles. The Morgan fingerprint density at radius 1 is 0.875 bits per heavy atom. The van der Waals surface area contributed by atoms with Crippen molar-refractivity contribution in [2.75, 3.05) is 4.90 Å². The zero-order valence-electron chi connectivity index (χ0n) is 22.5. The summed E-state index contributed by atoms with van der Waals surface area (Å²) in [5.41, 5.74) is 6.34. The van der Waals surface area contributed by atoms with Crippen LogP contribution in [0.25, 0.3) is 5.69 Å². The van der Waals surface area contributed by atoms with Gasteiger partial charge in [0.1, 0.15) is 17.3 Å². The number of hydrogen-bond acceptors (Lipinski definition) is 3. The van der Waals surface area contributed by atoms with Crippen LogP contribution in [0.1, 0.15) is 40.3 Å². The molecule has 0 spiro atoms. The Kier molecular flexibility index (Phi) is 6.82. The lowest BCUT2D eigenvalue weighted by molar-refractivity contribution is 0.479. The maximum atomic E-state index is 14.9. The molecule has 1 fully saturated rings. The first kappa shape index (κ1) is 25.8. The highest BCUT2D eigenvalue weighted by Gasteiger charge is 2.42. The maximum Gasteiger partial charge on any atom is 0.174 e. The van der Waals surface area contributed by atoms with Crippen molar-refractivity contribution in [3.05, 3.63) is 137 Å². The molecule has 7 heteroatoms. The molecule has 0 unspecified atom stereocenters. The number of halogens is 1. The number of nitrogens with zero attached hydrogens (tertiary/aromatic N) is 3. The van der Waals surface area contributed by atoms with E-state index in [1.807, 2.05) is 98.1 Å². The van der Waals surface area contributed by atoms with Gasteiger partial charge in [-0.3, -0.25) is 4.98 Å². The number of thiocarbonyl (C=S) groups is 1. The molecule has 1 N–H and O–H groups in total. The highest BCUT2D eigenvalue weighted by atomic mass is 32.1. The van der Waals surface area contributed by atoms with E-state index in [-0.39, 0.29) is 17.9 Å². The van der Waals surface area contributed by atoms with E-state index in [4.69, 9.17) is 17.0 Å². The number of aromatic nitrogens is 2. The van der Waals surface area contributed by atoms with Gasteiger partial charge in [-0.1, -0.05) is 36.4 Å². The van der Waals surface area contributed by atoms with Crippen molar-refractivity contribution in [1.29, 1.82) is 0 Å². The molecule has 0 bridgehead atoms. The number of para-hydroxylation sites is 2. The molecule has 3 heterocycles. The standard InChI is InChI=1S/C33H29FN4OS/c1-21-10-4-7-14-30(21)39-25-17-15-24(16-18-25)38-32(31(36-33(38)40)28-12-8-9-19-35-28)26-20-22(2)37(23(26)3)29-13-6-5-11-27(29)34/h4-20,31-32H,1-3H3,(H,36,40)/t31-,32+/m0/s1. The maximum absolute atomic E-state index is 14.9. The van der Waals surface area contributed by atoms with E-state index in [0.29, 0.717) is 10.8 Å². The molecule has 40 heavy (non-hydrogen) atoms. The topological polar surface area (TPSA) is 42.3 Å². The summed E-state index contributed by atoms with van der Waals surface area (Å²) in [5.74, 6) is 1.30.